The number of aryl methyl sites for hydroxylation is 1. The summed E-state index contributed by atoms with van der Waals surface area (Å²) in [5, 5.41) is 14.3. The van der Waals surface area contributed by atoms with Gasteiger partial charge in [-0.2, -0.15) is 5.10 Å². The van der Waals surface area contributed by atoms with Crippen LogP contribution in [0.5, 0.6) is 0 Å². The molecule has 0 saturated heterocycles. The molecule has 0 bridgehead atoms. The van der Waals surface area contributed by atoms with Crippen molar-refractivity contribution in [2.45, 2.75) is 45.8 Å². The molecular formula is C10H18N2O. The van der Waals surface area contributed by atoms with E-state index in [9.17, 15) is 5.11 Å². The van der Waals surface area contributed by atoms with Crippen molar-refractivity contribution in [3.63, 3.8) is 0 Å². The summed E-state index contributed by atoms with van der Waals surface area (Å²) in [4.78, 5) is 0. The average molecular weight is 182 g/mol. The normalized spacial score (nSPS) is 12.0. The highest BCUT2D eigenvalue weighted by Crippen LogP contribution is 2.27. The zero-order valence-electron chi connectivity index (χ0n) is 8.62. The van der Waals surface area contributed by atoms with E-state index in [0.717, 1.165) is 24.9 Å². The molecule has 1 aromatic heterocycles. The van der Waals surface area contributed by atoms with Gasteiger partial charge in [-0.05, 0) is 19.8 Å². The molecule has 74 valence electrons. The molecular weight excluding hydrogens is 164 g/mol. The Kier molecular flexibility index (Phi) is 3.09. The van der Waals surface area contributed by atoms with Gasteiger partial charge in [-0.25, -0.2) is 0 Å². The van der Waals surface area contributed by atoms with E-state index < -0.39 is 5.60 Å². The highest BCUT2D eigenvalue weighted by molar-refractivity contribution is 5.14. The largest absolute Gasteiger partial charge is 0.385 e. The Morgan fingerprint density at radius 1 is 1.38 bits per heavy atom. The molecule has 0 aliphatic heterocycles. The molecule has 0 amide bonds. The Hall–Kier alpha value is -0.830. The number of hydrogen-bond acceptors (Lipinski definition) is 2. The predicted molar refractivity (Wildman–Crippen MR) is 52.4 cm³/mol. The molecule has 3 nitrogen and oxygen atoms in total. The van der Waals surface area contributed by atoms with Crippen LogP contribution in [0, 0.1) is 0 Å². The van der Waals surface area contributed by atoms with E-state index in [0.29, 0.717) is 0 Å². The standard InChI is InChI=1S/C10H18N2O/c1-4-10(13,5-2)9-7-11-12(6-3)8-9/h7-8,13H,4-6H2,1-3H3. The lowest BCUT2D eigenvalue weighted by Crippen LogP contribution is -2.22. The molecule has 1 rings (SSSR count). The van der Waals surface area contributed by atoms with Crippen LogP contribution in [0.2, 0.25) is 0 Å². The molecule has 3 heteroatoms. The zero-order chi connectivity index (χ0) is 9.90. The molecule has 0 aliphatic rings. The van der Waals surface area contributed by atoms with Gasteiger partial charge in [-0.3, -0.25) is 4.68 Å². The first-order chi connectivity index (χ1) is 6.16. The van der Waals surface area contributed by atoms with E-state index in [-0.39, 0.29) is 0 Å². The van der Waals surface area contributed by atoms with E-state index in [1.165, 1.54) is 0 Å². The van der Waals surface area contributed by atoms with Crippen LogP contribution >= 0.6 is 0 Å². The van der Waals surface area contributed by atoms with E-state index >= 15 is 0 Å². The van der Waals surface area contributed by atoms with Crippen LogP contribution in [0.15, 0.2) is 12.4 Å². The number of nitrogens with zero attached hydrogens (tertiary/aromatic N) is 2. The lowest BCUT2D eigenvalue weighted by molar-refractivity contribution is 0.0283. The van der Waals surface area contributed by atoms with Crippen LogP contribution in [-0.2, 0) is 12.1 Å². The third-order valence-electron chi connectivity index (χ3n) is 2.66. The summed E-state index contributed by atoms with van der Waals surface area (Å²) in [5.41, 5.74) is 0.243. The quantitative estimate of drug-likeness (QED) is 0.772. The second kappa shape index (κ2) is 3.92. The lowest BCUT2D eigenvalue weighted by atomic mass is 9.91. The number of aliphatic hydroxyl groups is 1. The van der Waals surface area contributed by atoms with Crippen LogP contribution in [0.1, 0.15) is 39.2 Å². The summed E-state index contributed by atoms with van der Waals surface area (Å²) in [6.45, 7) is 6.87. The molecule has 0 aliphatic carbocycles. The maximum absolute atomic E-state index is 10.2. The molecule has 1 N–H and O–H groups in total. The molecule has 13 heavy (non-hydrogen) atoms. The first-order valence-corrected chi connectivity index (χ1v) is 4.91. The van der Waals surface area contributed by atoms with Crippen LogP contribution in [0.25, 0.3) is 0 Å². The highest BCUT2D eigenvalue weighted by atomic mass is 16.3. The molecule has 0 spiro atoms. The fourth-order valence-electron chi connectivity index (χ4n) is 1.44. The summed E-state index contributed by atoms with van der Waals surface area (Å²) in [6.07, 6.45) is 5.15. The van der Waals surface area contributed by atoms with Gasteiger partial charge < -0.3 is 5.11 Å². The van der Waals surface area contributed by atoms with Crippen molar-refractivity contribution in [1.29, 1.82) is 0 Å². The smallest absolute Gasteiger partial charge is 0.0921 e. The first kappa shape index (κ1) is 10.3. The van der Waals surface area contributed by atoms with E-state index in [1.807, 2.05) is 31.6 Å². The van der Waals surface area contributed by atoms with Gasteiger partial charge in [0.05, 0.1) is 11.8 Å². The summed E-state index contributed by atoms with van der Waals surface area (Å²) in [5.74, 6) is 0. The zero-order valence-corrected chi connectivity index (χ0v) is 8.62. The summed E-state index contributed by atoms with van der Waals surface area (Å²) in [7, 11) is 0. The van der Waals surface area contributed by atoms with Gasteiger partial charge >= 0.3 is 0 Å². The van der Waals surface area contributed by atoms with Crippen LogP contribution in [0.4, 0.5) is 0 Å². The topological polar surface area (TPSA) is 38.0 Å². The third kappa shape index (κ3) is 1.91. The first-order valence-electron chi connectivity index (χ1n) is 4.91. The van der Waals surface area contributed by atoms with Gasteiger partial charge in [0.15, 0.2) is 0 Å². The molecule has 0 unspecified atom stereocenters. The number of aromatic nitrogens is 2. The molecule has 0 saturated carbocycles. The monoisotopic (exact) mass is 182 g/mol. The van der Waals surface area contributed by atoms with Crippen LogP contribution < -0.4 is 0 Å². The SMILES string of the molecule is CCn1cc(C(O)(CC)CC)cn1. The van der Waals surface area contributed by atoms with E-state index in [1.54, 1.807) is 6.20 Å². The number of hydrogen-bond donors (Lipinski definition) is 1. The summed E-state index contributed by atoms with van der Waals surface area (Å²) in [6, 6.07) is 0. The van der Waals surface area contributed by atoms with Gasteiger partial charge in [0.25, 0.3) is 0 Å². The van der Waals surface area contributed by atoms with Crippen molar-refractivity contribution in [2.24, 2.45) is 0 Å². The maximum atomic E-state index is 10.2. The van der Waals surface area contributed by atoms with Crippen LogP contribution in [-0.4, -0.2) is 14.9 Å². The summed E-state index contributed by atoms with van der Waals surface area (Å²) < 4.78 is 1.84. The van der Waals surface area contributed by atoms with Gasteiger partial charge in [-0.1, -0.05) is 13.8 Å². The van der Waals surface area contributed by atoms with Gasteiger partial charge in [0.2, 0.25) is 0 Å². The molecule has 0 radical (unpaired) electrons. The van der Waals surface area contributed by atoms with Gasteiger partial charge in [-0.15, -0.1) is 0 Å². The minimum atomic E-state index is -0.687. The minimum Gasteiger partial charge on any atom is -0.385 e. The Labute approximate surface area is 79.4 Å². The Morgan fingerprint density at radius 3 is 2.38 bits per heavy atom. The fraction of sp³-hybridized carbons (Fsp3) is 0.700. The minimum absolute atomic E-state index is 0.687. The Balaban J connectivity index is 2.91. The van der Waals surface area contributed by atoms with E-state index in [2.05, 4.69) is 5.10 Å². The van der Waals surface area contributed by atoms with Crippen molar-refractivity contribution in [2.75, 3.05) is 0 Å². The fourth-order valence-corrected chi connectivity index (χ4v) is 1.44. The molecule has 0 aromatic carbocycles. The number of rotatable bonds is 4. The van der Waals surface area contributed by atoms with E-state index in [4.69, 9.17) is 0 Å². The van der Waals surface area contributed by atoms with Gasteiger partial charge in [0, 0.05) is 18.3 Å². The van der Waals surface area contributed by atoms with Crippen LogP contribution in [0.3, 0.4) is 0 Å². The van der Waals surface area contributed by atoms with Crippen molar-refractivity contribution < 1.29 is 5.11 Å². The second-order valence-electron chi connectivity index (χ2n) is 3.32. The average Bonchev–Trinajstić information content (AvgIpc) is 2.65. The molecule has 0 atom stereocenters. The van der Waals surface area contributed by atoms with Crippen molar-refractivity contribution in [3.05, 3.63) is 18.0 Å². The Morgan fingerprint density at radius 2 is 2.00 bits per heavy atom. The van der Waals surface area contributed by atoms with Gasteiger partial charge in [0.1, 0.15) is 0 Å². The molecule has 0 fully saturated rings. The molecule has 1 heterocycles. The van der Waals surface area contributed by atoms with Crippen molar-refractivity contribution >= 4 is 0 Å². The predicted octanol–water partition coefficient (Wildman–Crippen LogP) is 1.91. The van der Waals surface area contributed by atoms with Crippen molar-refractivity contribution in [1.82, 2.24) is 9.78 Å². The lowest BCUT2D eigenvalue weighted by Gasteiger charge is -2.23. The van der Waals surface area contributed by atoms with Crippen molar-refractivity contribution in [3.8, 4) is 0 Å². The highest BCUT2D eigenvalue weighted by Gasteiger charge is 2.25. The second-order valence-corrected chi connectivity index (χ2v) is 3.32. The third-order valence-corrected chi connectivity index (χ3v) is 2.66. The Bertz CT molecular complexity index is 264. The molecule has 1 aromatic rings. The maximum Gasteiger partial charge on any atom is 0.0921 e. The summed E-state index contributed by atoms with van der Waals surface area (Å²) >= 11 is 0.